The molecular formula is C21H15Cl2N3O4. The third kappa shape index (κ3) is 5.56. The molecule has 0 unspecified atom stereocenters. The molecular weight excluding hydrogens is 429 g/mol. The van der Waals surface area contributed by atoms with Gasteiger partial charge in [-0.2, -0.15) is 5.10 Å². The van der Waals surface area contributed by atoms with Crippen LogP contribution in [0.5, 0.6) is 5.75 Å². The minimum atomic E-state index is -0.566. The van der Waals surface area contributed by atoms with E-state index in [1.54, 1.807) is 42.5 Å². The summed E-state index contributed by atoms with van der Waals surface area (Å²) in [6, 6.07) is 17.6. The second-order valence-corrected chi connectivity index (χ2v) is 6.88. The van der Waals surface area contributed by atoms with E-state index in [9.17, 15) is 14.9 Å². The molecule has 0 aliphatic rings. The lowest BCUT2D eigenvalue weighted by atomic mass is 10.2. The standard InChI is InChI=1S/C21H15Cl2N3O4/c22-19-5-2-6-20(23)18(19)13-30-17-9-7-14(8-10-17)12-24-25-21(27)15-3-1-4-16(11-15)26(28)29/h1-12H,13H2,(H,25,27)/b24-12-. The van der Waals surface area contributed by atoms with E-state index in [4.69, 9.17) is 27.9 Å². The Balaban J connectivity index is 1.56. The van der Waals surface area contributed by atoms with E-state index >= 15 is 0 Å². The number of halogens is 2. The number of carbonyl (C=O) groups excluding carboxylic acids is 1. The van der Waals surface area contributed by atoms with Crippen molar-refractivity contribution in [2.75, 3.05) is 0 Å². The average molecular weight is 444 g/mol. The minimum absolute atomic E-state index is 0.142. The van der Waals surface area contributed by atoms with Crippen LogP contribution < -0.4 is 10.2 Å². The van der Waals surface area contributed by atoms with Crippen molar-refractivity contribution in [3.05, 3.63) is 104 Å². The molecule has 0 saturated carbocycles. The molecule has 30 heavy (non-hydrogen) atoms. The maximum Gasteiger partial charge on any atom is 0.271 e. The average Bonchev–Trinajstić information content (AvgIpc) is 2.74. The van der Waals surface area contributed by atoms with Crippen LogP contribution in [-0.2, 0) is 6.61 Å². The van der Waals surface area contributed by atoms with Gasteiger partial charge < -0.3 is 4.74 Å². The van der Waals surface area contributed by atoms with E-state index in [-0.39, 0.29) is 17.9 Å². The predicted octanol–water partition coefficient (Wildman–Crippen LogP) is 5.24. The summed E-state index contributed by atoms with van der Waals surface area (Å²) in [7, 11) is 0. The van der Waals surface area contributed by atoms with Gasteiger partial charge in [0.05, 0.1) is 11.1 Å². The van der Waals surface area contributed by atoms with Crippen molar-refractivity contribution in [2.45, 2.75) is 6.61 Å². The van der Waals surface area contributed by atoms with Gasteiger partial charge in [-0.25, -0.2) is 5.43 Å². The smallest absolute Gasteiger partial charge is 0.271 e. The minimum Gasteiger partial charge on any atom is -0.489 e. The van der Waals surface area contributed by atoms with Crippen molar-refractivity contribution >= 4 is 41.0 Å². The van der Waals surface area contributed by atoms with Crippen LogP contribution >= 0.6 is 23.2 Å². The van der Waals surface area contributed by atoms with Gasteiger partial charge in [-0.05, 0) is 48.0 Å². The van der Waals surface area contributed by atoms with Crippen LogP contribution in [0.1, 0.15) is 21.5 Å². The largest absolute Gasteiger partial charge is 0.489 e. The molecule has 1 amide bonds. The van der Waals surface area contributed by atoms with Gasteiger partial charge >= 0.3 is 0 Å². The summed E-state index contributed by atoms with van der Waals surface area (Å²) in [5.41, 5.74) is 3.73. The van der Waals surface area contributed by atoms with Gasteiger partial charge in [-0.15, -0.1) is 0 Å². The molecule has 0 radical (unpaired) electrons. The number of amides is 1. The molecule has 0 heterocycles. The summed E-state index contributed by atoms with van der Waals surface area (Å²) in [6.45, 7) is 0.227. The van der Waals surface area contributed by atoms with Gasteiger partial charge in [0.2, 0.25) is 0 Å². The number of rotatable bonds is 7. The highest BCUT2D eigenvalue weighted by molar-refractivity contribution is 6.35. The van der Waals surface area contributed by atoms with Gasteiger partial charge in [0.25, 0.3) is 11.6 Å². The Kier molecular flexibility index (Phi) is 7.00. The number of hydrogen-bond donors (Lipinski definition) is 1. The fraction of sp³-hybridized carbons (Fsp3) is 0.0476. The van der Waals surface area contributed by atoms with Crippen molar-refractivity contribution in [1.29, 1.82) is 0 Å². The highest BCUT2D eigenvalue weighted by Crippen LogP contribution is 2.25. The lowest BCUT2D eigenvalue weighted by molar-refractivity contribution is -0.384. The Morgan fingerprint density at radius 3 is 2.40 bits per heavy atom. The van der Waals surface area contributed by atoms with Crippen LogP contribution in [0.4, 0.5) is 5.69 Å². The van der Waals surface area contributed by atoms with Crippen LogP contribution in [0.3, 0.4) is 0 Å². The number of carbonyl (C=O) groups is 1. The number of nitrogens with one attached hydrogen (secondary N) is 1. The summed E-state index contributed by atoms with van der Waals surface area (Å²) >= 11 is 12.2. The maximum atomic E-state index is 12.0. The molecule has 3 aromatic carbocycles. The fourth-order valence-corrected chi connectivity index (χ4v) is 2.97. The molecule has 0 spiro atoms. The first kappa shape index (κ1) is 21.3. The fourth-order valence-electron chi connectivity index (χ4n) is 2.47. The van der Waals surface area contributed by atoms with Crippen LogP contribution in [-0.4, -0.2) is 17.0 Å². The highest BCUT2D eigenvalue weighted by Gasteiger charge is 2.10. The van der Waals surface area contributed by atoms with E-state index < -0.39 is 10.8 Å². The quantitative estimate of drug-likeness (QED) is 0.306. The van der Waals surface area contributed by atoms with Crippen LogP contribution in [0.15, 0.2) is 71.8 Å². The van der Waals surface area contributed by atoms with Crippen molar-refractivity contribution in [3.63, 3.8) is 0 Å². The number of non-ortho nitro benzene ring substituents is 1. The van der Waals surface area contributed by atoms with E-state index in [1.807, 2.05) is 0 Å². The summed E-state index contributed by atoms with van der Waals surface area (Å²) in [5.74, 6) is 0.0651. The number of nitro benzene ring substituents is 1. The van der Waals surface area contributed by atoms with E-state index in [1.165, 1.54) is 30.5 Å². The summed E-state index contributed by atoms with van der Waals surface area (Å²) in [6.07, 6.45) is 1.45. The van der Waals surface area contributed by atoms with Gasteiger partial charge in [0, 0.05) is 33.3 Å². The lowest BCUT2D eigenvalue weighted by Crippen LogP contribution is -2.17. The van der Waals surface area contributed by atoms with E-state index in [0.29, 0.717) is 21.4 Å². The lowest BCUT2D eigenvalue weighted by Gasteiger charge is -2.09. The molecule has 0 atom stereocenters. The van der Waals surface area contributed by atoms with Crippen LogP contribution in [0, 0.1) is 10.1 Å². The maximum absolute atomic E-state index is 12.0. The predicted molar refractivity (Wildman–Crippen MR) is 115 cm³/mol. The molecule has 9 heteroatoms. The second kappa shape index (κ2) is 9.87. The normalized spacial score (nSPS) is 10.7. The Labute approximate surface area is 182 Å². The molecule has 152 valence electrons. The van der Waals surface area contributed by atoms with Gasteiger partial charge in [0.15, 0.2) is 0 Å². The number of hydrogen-bond acceptors (Lipinski definition) is 5. The van der Waals surface area contributed by atoms with Crippen LogP contribution in [0.25, 0.3) is 0 Å². The third-order valence-corrected chi connectivity index (χ3v) is 4.73. The molecule has 3 aromatic rings. The topological polar surface area (TPSA) is 93.8 Å². The third-order valence-electron chi connectivity index (χ3n) is 4.02. The zero-order chi connectivity index (χ0) is 21.5. The van der Waals surface area contributed by atoms with Crippen molar-refractivity contribution < 1.29 is 14.5 Å². The molecule has 0 saturated heterocycles. The summed E-state index contributed by atoms with van der Waals surface area (Å²) < 4.78 is 5.70. The van der Waals surface area contributed by atoms with E-state index in [0.717, 1.165) is 5.56 Å². The highest BCUT2D eigenvalue weighted by atomic mass is 35.5. The molecule has 0 aliphatic heterocycles. The Hall–Kier alpha value is -3.42. The first-order valence-electron chi connectivity index (χ1n) is 8.67. The Bertz CT molecular complexity index is 1080. The molecule has 0 aliphatic carbocycles. The molecule has 3 rings (SSSR count). The number of benzene rings is 3. The van der Waals surface area contributed by atoms with Gasteiger partial charge in [-0.1, -0.05) is 35.3 Å². The van der Waals surface area contributed by atoms with Crippen molar-refractivity contribution in [1.82, 2.24) is 5.43 Å². The number of nitro groups is 1. The SMILES string of the molecule is O=C(N/N=C\c1ccc(OCc2c(Cl)cccc2Cl)cc1)c1cccc([N+](=O)[O-])c1. The summed E-state index contributed by atoms with van der Waals surface area (Å²) in [5, 5.41) is 15.7. The number of hydrazone groups is 1. The van der Waals surface area contributed by atoms with Gasteiger partial charge in [0.1, 0.15) is 12.4 Å². The monoisotopic (exact) mass is 443 g/mol. The zero-order valence-electron chi connectivity index (χ0n) is 15.4. The molecule has 0 bridgehead atoms. The Morgan fingerprint density at radius 1 is 1.07 bits per heavy atom. The van der Waals surface area contributed by atoms with Crippen LogP contribution in [0.2, 0.25) is 10.0 Å². The Morgan fingerprint density at radius 2 is 1.73 bits per heavy atom. The summed E-state index contributed by atoms with van der Waals surface area (Å²) in [4.78, 5) is 22.3. The first-order chi connectivity index (χ1) is 14.4. The van der Waals surface area contributed by atoms with E-state index in [2.05, 4.69) is 10.5 Å². The molecule has 0 fully saturated rings. The molecule has 0 aromatic heterocycles. The van der Waals surface area contributed by atoms with Crippen molar-refractivity contribution in [3.8, 4) is 5.75 Å². The second-order valence-electron chi connectivity index (χ2n) is 6.06. The number of nitrogens with zero attached hydrogens (tertiary/aromatic N) is 2. The zero-order valence-corrected chi connectivity index (χ0v) is 16.9. The first-order valence-corrected chi connectivity index (χ1v) is 9.43. The van der Waals surface area contributed by atoms with Crippen molar-refractivity contribution in [2.24, 2.45) is 5.10 Å². The molecule has 1 N–H and O–H groups in total. The van der Waals surface area contributed by atoms with Gasteiger partial charge in [-0.3, -0.25) is 14.9 Å². The molecule has 7 nitrogen and oxygen atoms in total. The number of ether oxygens (including phenoxy) is 1.